The first-order chi connectivity index (χ1) is 5.34. The molecule has 1 fully saturated rings. The zero-order valence-electron chi connectivity index (χ0n) is 7.55. The first kappa shape index (κ1) is 9.01. The highest BCUT2D eigenvalue weighted by Gasteiger charge is 2.19. The van der Waals surface area contributed by atoms with Crippen LogP contribution >= 0.6 is 0 Å². The molecule has 1 aliphatic heterocycles. The third kappa shape index (κ3) is 2.80. The van der Waals surface area contributed by atoms with Crippen molar-refractivity contribution >= 4 is 0 Å². The van der Waals surface area contributed by atoms with E-state index in [0.29, 0.717) is 0 Å². The third-order valence-electron chi connectivity index (χ3n) is 2.66. The van der Waals surface area contributed by atoms with E-state index < -0.39 is 0 Å². The summed E-state index contributed by atoms with van der Waals surface area (Å²) in [6.07, 6.45) is 6.66. The van der Waals surface area contributed by atoms with Gasteiger partial charge < -0.3 is 10.6 Å². The standard InChI is InChI=1S/C9H20N2/c1-11-8-4-6-9(11)5-2-3-7-10/h9H,2-8,10H2,1H3. The van der Waals surface area contributed by atoms with Crippen molar-refractivity contribution in [1.82, 2.24) is 4.90 Å². The highest BCUT2D eigenvalue weighted by Crippen LogP contribution is 2.19. The molecular weight excluding hydrogens is 136 g/mol. The fraction of sp³-hybridized carbons (Fsp3) is 1.00. The maximum absolute atomic E-state index is 5.43. The lowest BCUT2D eigenvalue weighted by Crippen LogP contribution is -2.24. The molecule has 2 nitrogen and oxygen atoms in total. The smallest absolute Gasteiger partial charge is 0.00926 e. The summed E-state index contributed by atoms with van der Waals surface area (Å²) in [5, 5.41) is 0. The lowest BCUT2D eigenvalue weighted by Gasteiger charge is -2.18. The second-order valence-corrected chi connectivity index (χ2v) is 3.56. The van der Waals surface area contributed by atoms with Crippen molar-refractivity contribution in [3.63, 3.8) is 0 Å². The van der Waals surface area contributed by atoms with Crippen LogP contribution in [0, 0.1) is 0 Å². The topological polar surface area (TPSA) is 29.3 Å². The molecule has 0 aliphatic carbocycles. The summed E-state index contributed by atoms with van der Waals surface area (Å²) in [4.78, 5) is 2.48. The van der Waals surface area contributed by atoms with Crippen LogP contribution < -0.4 is 5.73 Å². The molecule has 2 heteroatoms. The van der Waals surface area contributed by atoms with Crippen LogP contribution in [0.5, 0.6) is 0 Å². The van der Waals surface area contributed by atoms with Crippen molar-refractivity contribution < 1.29 is 0 Å². The van der Waals surface area contributed by atoms with Crippen LogP contribution in [0.25, 0.3) is 0 Å². The molecule has 0 aromatic rings. The van der Waals surface area contributed by atoms with Crippen molar-refractivity contribution in [2.75, 3.05) is 20.1 Å². The van der Waals surface area contributed by atoms with Crippen LogP contribution in [0.1, 0.15) is 32.1 Å². The Balaban J connectivity index is 2.05. The highest BCUT2D eigenvalue weighted by atomic mass is 15.1. The largest absolute Gasteiger partial charge is 0.330 e. The average molecular weight is 156 g/mol. The van der Waals surface area contributed by atoms with Gasteiger partial charge in [-0.3, -0.25) is 0 Å². The van der Waals surface area contributed by atoms with Gasteiger partial charge in [0.2, 0.25) is 0 Å². The number of likely N-dealkylation sites (tertiary alicyclic amines) is 1. The Labute approximate surface area is 69.8 Å². The Hall–Kier alpha value is -0.0800. The number of nitrogens with zero attached hydrogens (tertiary/aromatic N) is 1. The summed E-state index contributed by atoms with van der Waals surface area (Å²) in [5.74, 6) is 0. The van der Waals surface area contributed by atoms with Gasteiger partial charge in [0.1, 0.15) is 0 Å². The van der Waals surface area contributed by atoms with Crippen molar-refractivity contribution in [2.45, 2.75) is 38.1 Å². The highest BCUT2D eigenvalue weighted by molar-refractivity contribution is 4.75. The number of unbranched alkanes of at least 4 members (excludes halogenated alkanes) is 1. The number of rotatable bonds is 4. The van der Waals surface area contributed by atoms with E-state index in [1.165, 1.54) is 38.6 Å². The molecule has 1 unspecified atom stereocenters. The minimum absolute atomic E-state index is 0.858. The van der Waals surface area contributed by atoms with Gasteiger partial charge in [-0.25, -0.2) is 0 Å². The first-order valence-corrected chi connectivity index (χ1v) is 4.75. The van der Waals surface area contributed by atoms with E-state index in [9.17, 15) is 0 Å². The van der Waals surface area contributed by atoms with Crippen molar-refractivity contribution in [1.29, 1.82) is 0 Å². The van der Waals surface area contributed by atoms with Crippen LogP contribution in [0.15, 0.2) is 0 Å². The molecule has 1 saturated heterocycles. The molecule has 0 aromatic heterocycles. The van der Waals surface area contributed by atoms with Crippen LogP contribution in [0.2, 0.25) is 0 Å². The molecule has 1 atom stereocenters. The molecule has 1 aliphatic rings. The molecular formula is C9H20N2. The number of hydrogen-bond donors (Lipinski definition) is 1. The van der Waals surface area contributed by atoms with Gasteiger partial charge in [0.15, 0.2) is 0 Å². The minimum Gasteiger partial charge on any atom is -0.330 e. The predicted molar refractivity (Wildman–Crippen MR) is 48.6 cm³/mol. The Morgan fingerprint density at radius 3 is 2.82 bits per heavy atom. The van der Waals surface area contributed by atoms with Gasteiger partial charge in [-0.2, -0.15) is 0 Å². The molecule has 0 amide bonds. The van der Waals surface area contributed by atoms with Gasteiger partial charge in [-0.05, 0) is 45.8 Å². The predicted octanol–water partition coefficient (Wildman–Crippen LogP) is 1.21. The SMILES string of the molecule is CN1CCCC1CCCCN. The molecule has 1 heterocycles. The maximum atomic E-state index is 5.43. The minimum atomic E-state index is 0.858. The average Bonchev–Trinajstić information content (AvgIpc) is 2.37. The van der Waals surface area contributed by atoms with Gasteiger partial charge in [0.25, 0.3) is 0 Å². The second kappa shape index (κ2) is 4.73. The second-order valence-electron chi connectivity index (χ2n) is 3.56. The maximum Gasteiger partial charge on any atom is 0.00926 e. The van der Waals surface area contributed by atoms with E-state index in [-0.39, 0.29) is 0 Å². The van der Waals surface area contributed by atoms with Crippen molar-refractivity contribution in [3.05, 3.63) is 0 Å². The van der Waals surface area contributed by atoms with E-state index >= 15 is 0 Å². The van der Waals surface area contributed by atoms with Gasteiger partial charge in [-0.1, -0.05) is 6.42 Å². The monoisotopic (exact) mass is 156 g/mol. The molecule has 0 aromatic carbocycles. The molecule has 0 bridgehead atoms. The van der Waals surface area contributed by atoms with Crippen molar-refractivity contribution in [2.24, 2.45) is 5.73 Å². The van der Waals surface area contributed by atoms with Crippen LogP contribution in [-0.4, -0.2) is 31.1 Å². The Kier molecular flexibility index (Phi) is 3.87. The van der Waals surface area contributed by atoms with E-state index in [2.05, 4.69) is 11.9 Å². The lowest BCUT2D eigenvalue weighted by atomic mass is 10.1. The summed E-state index contributed by atoms with van der Waals surface area (Å²) in [6, 6.07) is 0.863. The van der Waals surface area contributed by atoms with Crippen LogP contribution in [0.3, 0.4) is 0 Å². The third-order valence-corrected chi connectivity index (χ3v) is 2.66. The molecule has 2 N–H and O–H groups in total. The van der Waals surface area contributed by atoms with E-state index in [4.69, 9.17) is 5.73 Å². The summed E-state index contributed by atoms with van der Waals surface area (Å²) >= 11 is 0. The first-order valence-electron chi connectivity index (χ1n) is 4.75. The fourth-order valence-electron chi connectivity index (χ4n) is 1.87. The summed E-state index contributed by atoms with van der Waals surface area (Å²) < 4.78 is 0. The zero-order chi connectivity index (χ0) is 8.10. The molecule has 11 heavy (non-hydrogen) atoms. The Bertz CT molecular complexity index is 104. The summed E-state index contributed by atoms with van der Waals surface area (Å²) in [5.41, 5.74) is 5.43. The molecule has 0 saturated carbocycles. The summed E-state index contributed by atoms with van der Waals surface area (Å²) in [6.45, 7) is 2.16. The van der Waals surface area contributed by atoms with Gasteiger partial charge in [0.05, 0.1) is 0 Å². The molecule has 0 spiro atoms. The zero-order valence-corrected chi connectivity index (χ0v) is 7.55. The van der Waals surface area contributed by atoms with Crippen LogP contribution in [0.4, 0.5) is 0 Å². The molecule has 1 rings (SSSR count). The Morgan fingerprint density at radius 1 is 1.45 bits per heavy atom. The normalized spacial score (nSPS) is 26.2. The van der Waals surface area contributed by atoms with Gasteiger partial charge in [-0.15, -0.1) is 0 Å². The molecule has 0 radical (unpaired) electrons. The lowest BCUT2D eigenvalue weighted by molar-refractivity contribution is 0.290. The number of nitrogens with two attached hydrogens (primary N) is 1. The summed E-state index contributed by atoms with van der Waals surface area (Å²) in [7, 11) is 2.24. The molecule has 66 valence electrons. The number of hydrogen-bond acceptors (Lipinski definition) is 2. The van der Waals surface area contributed by atoms with Crippen molar-refractivity contribution in [3.8, 4) is 0 Å². The van der Waals surface area contributed by atoms with E-state index in [1.54, 1.807) is 0 Å². The Morgan fingerprint density at radius 2 is 2.27 bits per heavy atom. The van der Waals surface area contributed by atoms with Gasteiger partial charge in [0, 0.05) is 6.04 Å². The quantitative estimate of drug-likeness (QED) is 0.620. The fourth-order valence-corrected chi connectivity index (χ4v) is 1.87. The van der Waals surface area contributed by atoms with E-state index in [1.807, 2.05) is 0 Å². The van der Waals surface area contributed by atoms with Gasteiger partial charge >= 0.3 is 0 Å². The van der Waals surface area contributed by atoms with Crippen LogP contribution in [-0.2, 0) is 0 Å². The van der Waals surface area contributed by atoms with E-state index in [0.717, 1.165) is 12.6 Å².